The number of thioether (sulfide) groups is 3. The van der Waals surface area contributed by atoms with Crippen LogP contribution in [0.2, 0.25) is 0 Å². The Hall–Kier alpha value is -13.8. The quantitative estimate of drug-likeness (QED) is 0.0368. The van der Waals surface area contributed by atoms with Gasteiger partial charge in [0.2, 0.25) is 100 Å². The Morgan fingerprint density at radius 1 is 0.434 bits per heavy atom. The average molecular weight is 2080 g/mol. The number of nitrogens with zero attached hydrogens (tertiary/aromatic N) is 3. The Kier molecular flexibility index (Phi) is 41.6. The monoisotopic (exact) mass is 2070 g/mol. The third-order valence-electron chi connectivity index (χ3n) is 25.7. The molecule has 17 amide bonds. The number of nitrogens with two attached hydrogens (primary N) is 3. The van der Waals surface area contributed by atoms with E-state index in [0.29, 0.717) is 21.9 Å². The molecule has 7 saturated heterocycles. The van der Waals surface area contributed by atoms with E-state index in [2.05, 4.69) is 63.8 Å². The fraction of sp³-hybridized carbons (Fsp3) is 0.531. The van der Waals surface area contributed by atoms with Gasteiger partial charge in [0.25, 0.3) is 0 Å². The standard InChI is InChI=1S/C96H126N18O28S3/c1-50(97)82(131)109-68-42-144-31-28-74(120)113-46-95-44-112-45-96(95,47-113)49-114(48-95)75(121)29-32-145-43-69(110-84(133)51(2)100-85(134)57(35-56-17-12-16-55-15-10-11-18-60(55)56)36-70(116)61(23-25-76(122)123)102-89(138)65(38-72(98)118)104-83(132)52(3)101-92(68)141)93(142)103-62(24-26-77(124)125)86(135)107-66(39-78(126)127)90(139)106-63(33-53-13-8-7-9-14-53)87(136)105-64(34-54-19-21-59(115)22-20-54)88(137)108-67(40-79(128)129)91(140)111-80(94(4,5)6)71(117)37-58(81(99)130)41-143-30-27-73(112)119/h7-22,50-52,57-58,61-69,80,115H,23-49,97H2,1-6H3,(H2,98,118)(H2,99,130)(H,100,134)(H,101,141)(H,102,138)(H,103,142)(H,104,132)(H,105,136)(H,106,139)(H,107,135)(H,108,137)(H,109,131)(H,110,133)(H,111,140)(H,122,123)(H,124,125)(H,126,127)(H,128,129)/t50-,51+,52+,57+,58-,61-,62-,63-,64-,65-,66-,67-,68-,69-,80+,95?,96?/m0/s1. The van der Waals surface area contributed by atoms with E-state index >= 15 is 28.8 Å². The van der Waals surface area contributed by atoms with Crippen LogP contribution in [0.25, 0.3) is 10.8 Å². The Morgan fingerprint density at radius 3 is 1.35 bits per heavy atom. The number of aromatic hydroxyl groups is 1. The largest absolute Gasteiger partial charge is 0.508 e. The Morgan fingerprint density at radius 2 is 0.855 bits per heavy atom. The first-order valence-corrected chi connectivity index (χ1v) is 50.6. The summed E-state index contributed by atoms with van der Waals surface area (Å²) in [7, 11) is 0. The summed E-state index contributed by atoms with van der Waals surface area (Å²) in [4.78, 5) is 332. The summed E-state index contributed by atoms with van der Waals surface area (Å²) in [6.07, 6.45) is -10.1. The summed E-state index contributed by atoms with van der Waals surface area (Å²) in [5, 5.41) is 81.6. The van der Waals surface area contributed by atoms with Crippen LogP contribution in [0, 0.1) is 28.1 Å². The predicted molar refractivity (Wildman–Crippen MR) is 525 cm³/mol. The SMILES string of the molecule is C[C@H](N)C(=O)N[C@H]1CSCCC(=O)N2CC34CN5CC3(C2)CN(C4)C(=O)CCSC[C@H](NC(=O)[C@@H](C)NC(=O)[C@H](Cc2cccc3ccccc23)CC(=O)[C@H](CCC(=O)O)NC(=O)[C@H](CC(N)=O)NC(=O)[C@@H](C)NC1=O)C(=O)N[C@@H](CCC(=O)O)C(=O)N[C@@H](CC(=O)O)C(=O)N[C@@H](Cc1ccccc1)C(=O)N[C@@H](Cc1ccc(O)cc1)C(=O)N[C@@H](CC(=O)O)C(=O)N[C@@H](C(C)(C)C)C(=O)C[C@H](C(N)=O)CSCCC5=O. The zero-order valence-electron chi connectivity index (χ0n) is 80.9. The number of primary amides is 2. The molecule has 0 aromatic heterocycles. The molecule has 2 unspecified atom stereocenters. The van der Waals surface area contributed by atoms with Crippen molar-refractivity contribution in [3.05, 3.63) is 114 Å². The van der Waals surface area contributed by atoms with Gasteiger partial charge < -0.3 is 121 Å². The summed E-state index contributed by atoms with van der Waals surface area (Å²) in [6, 6.07) is 1.42. The highest BCUT2D eigenvalue weighted by molar-refractivity contribution is 7.99. The van der Waals surface area contributed by atoms with E-state index in [1.807, 2.05) is 0 Å². The maximum atomic E-state index is 15.3. The van der Waals surface area contributed by atoms with Crippen LogP contribution in [-0.2, 0) is 130 Å². The van der Waals surface area contributed by atoms with Crippen molar-refractivity contribution >= 4 is 182 Å². The molecule has 786 valence electrons. The molecule has 6 bridgehead atoms. The highest BCUT2D eigenvalue weighted by Crippen LogP contribution is 2.57. The molecule has 0 radical (unpaired) electrons. The first kappa shape index (κ1) is 115. The van der Waals surface area contributed by atoms with Crippen LogP contribution in [0.3, 0.4) is 0 Å². The molecule has 7 fully saturated rings. The van der Waals surface area contributed by atoms with Crippen LogP contribution < -0.4 is 81.0 Å². The lowest BCUT2D eigenvalue weighted by atomic mass is 9.71. The van der Waals surface area contributed by atoms with Crippen molar-refractivity contribution in [3.8, 4) is 5.75 Å². The molecule has 2 spiro atoms. The van der Waals surface area contributed by atoms with Gasteiger partial charge in [-0.1, -0.05) is 106 Å². The number of hydrogen-bond donors (Lipinski definition) is 20. The first-order valence-electron chi connectivity index (χ1n) is 47.2. The van der Waals surface area contributed by atoms with Gasteiger partial charge in [0.05, 0.1) is 43.3 Å². The Labute approximate surface area is 846 Å². The number of fused-ring (bicyclic) bond motifs is 48. The number of phenols is 1. The van der Waals surface area contributed by atoms with E-state index in [9.17, 15) is 107 Å². The van der Waals surface area contributed by atoms with Gasteiger partial charge >= 0.3 is 23.9 Å². The van der Waals surface area contributed by atoms with Crippen molar-refractivity contribution in [3.63, 3.8) is 0 Å². The van der Waals surface area contributed by atoms with Gasteiger partial charge in [-0.05, 0) is 85.0 Å². The van der Waals surface area contributed by atoms with E-state index in [1.165, 1.54) is 50.2 Å². The van der Waals surface area contributed by atoms with Gasteiger partial charge in [-0.15, -0.1) is 0 Å². The molecular weight excluding hydrogens is 1950 g/mol. The van der Waals surface area contributed by atoms with Crippen LogP contribution in [0.1, 0.15) is 135 Å². The van der Waals surface area contributed by atoms with Gasteiger partial charge in [0.15, 0.2) is 11.6 Å². The van der Waals surface area contributed by atoms with Crippen molar-refractivity contribution in [2.24, 2.45) is 45.3 Å². The van der Waals surface area contributed by atoms with Crippen molar-refractivity contribution in [1.82, 2.24) is 78.5 Å². The molecule has 0 saturated carbocycles. The van der Waals surface area contributed by atoms with Crippen LogP contribution in [-0.4, -0.2) is 328 Å². The highest BCUT2D eigenvalue weighted by Gasteiger charge is 2.69. The van der Waals surface area contributed by atoms with E-state index in [4.69, 9.17) is 17.2 Å². The number of amides is 17. The lowest BCUT2D eigenvalue weighted by Crippen LogP contribution is -2.61. The predicted octanol–water partition coefficient (Wildman–Crippen LogP) is -3.09. The summed E-state index contributed by atoms with van der Waals surface area (Å²) in [6.45, 7) is 8.19. The third-order valence-corrected chi connectivity index (χ3v) is 29.0. The molecule has 46 nitrogen and oxygen atoms in total. The van der Waals surface area contributed by atoms with Crippen LogP contribution in [0.4, 0.5) is 0 Å². The smallest absolute Gasteiger partial charge is 0.305 e. The minimum atomic E-state index is -2.26. The number of benzene rings is 4. The second-order valence-corrected chi connectivity index (χ2v) is 41.6. The molecule has 0 aliphatic carbocycles. The summed E-state index contributed by atoms with van der Waals surface area (Å²) in [5.41, 5.74) is 15.2. The zero-order valence-corrected chi connectivity index (χ0v) is 83.4. The third kappa shape index (κ3) is 33.4. The molecular formula is C96H126N18O28S3. The highest BCUT2D eigenvalue weighted by atomic mass is 32.2. The van der Waals surface area contributed by atoms with E-state index < -0.39 is 313 Å². The Balaban J connectivity index is 1.12. The molecule has 145 heavy (non-hydrogen) atoms. The maximum Gasteiger partial charge on any atom is 0.305 e. The number of carboxylic acid groups (broad SMARTS) is 4. The number of carboxylic acids is 4. The van der Waals surface area contributed by atoms with Crippen molar-refractivity contribution in [1.29, 1.82) is 0 Å². The second kappa shape index (κ2) is 52.6. The number of phenolic OH excluding ortho intramolecular Hbond substituents is 1. The molecule has 11 rings (SSSR count). The molecule has 7 heterocycles. The van der Waals surface area contributed by atoms with Crippen molar-refractivity contribution < 1.29 is 136 Å². The van der Waals surface area contributed by atoms with Gasteiger partial charge in [-0.2, -0.15) is 35.3 Å². The summed E-state index contributed by atoms with van der Waals surface area (Å²) < 4.78 is 0. The number of carbonyl (C=O) groups is 23. The number of Topliss-reactive ketones (excluding diaryl/α,β-unsaturated/α-hetero) is 2. The van der Waals surface area contributed by atoms with Crippen molar-refractivity contribution in [2.75, 3.05) is 73.8 Å². The van der Waals surface area contributed by atoms with E-state index in [-0.39, 0.29) is 111 Å². The fourth-order valence-corrected chi connectivity index (χ4v) is 20.8. The van der Waals surface area contributed by atoms with Gasteiger partial charge in [-0.3, -0.25) is 110 Å². The lowest BCUT2D eigenvalue weighted by molar-refractivity contribution is -0.142. The zero-order chi connectivity index (χ0) is 107. The van der Waals surface area contributed by atoms with E-state index in [0.717, 1.165) is 42.2 Å². The van der Waals surface area contributed by atoms with Crippen LogP contribution in [0.15, 0.2) is 97.1 Å². The first-order chi connectivity index (χ1) is 68.4. The number of aliphatic carboxylic acids is 4. The molecule has 23 N–H and O–H groups in total. The second-order valence-electron chi connectivity index (χ2n) is 38.2. The summed E-state index contributed by atoms with van der Waals surface area (Å²) in [5.74, 6) is -29.9. The molecule has 4 aromatic carbocycles. The minimum absolute atomic E-state index is 0.00620. The topological polar surface area (TPSA) is 726 Å². The lowest BCUT2D eigenvalue weighted by Gasteiger charge is -2.32. The molecule has 7 aliphatic rings. The fourth-order valence-electron chi connectivity index (χ4n) is 17.9. The van der Waals surface area contributed by atoms with Gasteiger partial charge in [0, 0.05) is 148 Å². The number of rotatable bonds is 21. The van der Waals surface area contributed by atoms with Crippen molar-refractivity contribution in [2.45, 2.75) is 216 Å². The minimum Gasteiger partial charge on any atom is -0.508 e. The summed E-state index contributed by atoms with van der Waals surface area (Å²) >= 11 is 3.02. The number of nitrogens with one attached hydrogen (secondary N) is 12. The number of hydrogen-bond acceptors (Lipinski definition) is 28. The van der Waals surface area contributed by atoms with E-state index in [1.54, 1.807) is 96.1 Å². The van der Waals surface area contributed by atoms with Gasteiger partial charge in [0.1, 0.15) is 66.2 Å². The average Bonchev–Trinajstić information content (AvgIpc) is 1.52. The van der Waals surface area contributed by atoms with Crippen LogP contribution in [0.5, 0.6) is 5.75 Å². The Bertz CT molecular complexity index is 5510. The molecule has 49 heteroatoms. The van der Waals surface area contributed by atoms with Gasteiger partial charge in [-0.25, -0.2) is 0 Å². The normalized spacial score (nSPS) is 27.0. The number of carbonyl (C=O) groups excluding carboxylic acids is 19. The maximum absolute atomic E-state index is 15.3. The molecule has 4 aromatic rings. The molecule has 17 atom stereocenters. The number of ketones is 2. The molecule has 7 aliphatic heterocycles. The van der Waals surface area contributed by atoms with Crippen LogP contribution >= 0.6 is 35.3 Å².